The predicted molar refractivity (Wildman–Crippen MR) is 101 cm³/mol. The van der Waals surface area contributed by atoms with Crippen LogP contribution in [0.5, 0.6) is 17.2 Å². The number of ether oxygens (including phenoxy) is 3. The fourth-order valence-corrected chi connectivity index (χ4v) is 2.53. The van der Waals surface area contributed by atoms with E-state index < -0.39 is 6.10 Å². The first-order valence-corrected chi connectivity index (χ1v) is 8.23. The van der Waals surface area contributed by atoms with Gasteiger partial charge in [-0.1, -0.05) is 12.1 Å². The molecule has 0 bridgehead atoms. The van der Waals surface area contributed by atoms with Gasteiger partial charge in [0.2, 0.25) is 0 Å². The second kappa shape index (κ2) is 8.89. The molecule has 0 aromatic heterocycles. The molecular weight excluding hydrogens is 332 g/mol. The van der Waals surface area contributed by atoms with E-state index in [0.29, 0.717) is 22.8 Å². The first-order valence-electron chi connectivity index (χ1n) is 8.23. The Bertz CT molecular complexity index is 782. The molecule has 2 aromatic carbocycles. The van der Waals surface area contributed by atoms with Crippen LogP contribution in [0.25, 0.3) is 0 Å². The maximum atomic E-state index is 12.2. The highest BCUT2D eigenvalue weighted by Crippen LogP contribution is 2.29. The summed E-state index contributed by atoms with van der Waals surface area (Å²) in [4.78, 5) is 12.2. The van der Waals surface area contributed by atoms with Crippen LogP contribution in [0.15, 0.2) is 41.5 Å². The zero-order valence-electron chi connectivity index (χ0n) is 15.7. The van der Waals surface area contributed by atoms with Gasteiger partial charge >= 0.3 is 0 Å². The summed E-state index contributed by atoms with van der Waals surface area (Å²) in [5.74, 6) is 1.45. The van der Waals surface area contributed by atoms with Gasteiger partial charge in [-0.25, -0.2) is 5.43 Å². The lowest BCUT2D eigenvalue weighted by molar-refractivity contribution is -0.127. The van der Waals surface area contributed by atoms with E-state index in [1.165, 1.54) is 6.21 Å². The van der Waals surface area contributed by atoms with Crippen molar-refractivity contribution in [3.8, 4) is 17.2 Å². The Morgan fingerprint density at radius 2 is 1.81 bits per heavy atom. The predicted octanol–water partition coefficient (Wildman–Crippen LogP) is 3.24. The monoisotopic (exact) mass is 356 g/mol. The summed E-state index contributed by atoms with van der Waals surface area (Å²) in [7, 11) is 3.11. The van der Waals surface area contributed by atoms with Crippen LogP contribution in [0.3, 0.4) is 0 Å². The van der Waals surface area contributed by atoms with E-state index >= 15 is 0 Å². The molecule has 0 radical (unpaired) electrons. The lowest BCUT2D eigenvalue weighted by Crippen LogP contribution is -2.33. The number of para-hydroxylation sites is 1. The Morgan fingerprint density at radius 1 is 1.12 bits per heavy atom. The Labute approximate surface area is 153 Å². The highest BCUT2D eigenvalue weighted by atomic mass is 16.5. The highest BCUT2D eigenvalue weighted by Gasteiger charge is 2.14. The van der Waals surface area contributed by atoms with Gasteiger partial charge < -0.3 is 14.2 Å². The van der Waals surface area contributed by atoms with Crippen molar-refractivity contribution in [1.82, 2.24) is 5.43 Å². The van der Waals surface area contributed by atoms with E-state index in [2.05, 4.69) is 10.5 Å². The largest absolute Gasteiger partial charge is 0.493 e. The smallest absolute Gasteiger partial charge is 0.280 e. The van der Waals surface area contributed by atoms with E-state index in [0.717, 1.165) is 11.1 Å². The number of aryl methyl sites for hydroxylation is 2. The molecule has 0 aliphatic heterocycles. The summed E-state index contributed by atoms with van der Waals surface area (Å²) in [6, 6.07) is 11.2. The summed E-state index contributed by atoms with van der Waals surface area (Å²) in [5, 5.41) is 3.98. The van der Waals surface area contributed by atoms with Crippen LogP contribution in [0.1, 0.15) is 23.6 Å². The molecule has 1 N–H and O–H groups in total. The Morgan fingerprint density at radius 3 is 2.42 bits per heavy atom. The van der Waals surface area contributed by atoms with Crippen LogP contribution >= 0.6 is 0 Å². The molecular formula is C20H24N2O4. The molecule has 0 saturated heterocycles. The lowest BCUT2D eigenvalue weighted by Gasteiger charge is -2.14. The van der Waals surface area contributed by atoms with Crippen LogP contribution in [0, 0.1) is 13.8 Å². The minimum Gasteiger partial charge on any atom is -0.493 e. The van der Waals surface area contributed by atoms with Crippen molar-refractivity contribution >= 4 is 12.1 Å². The van der Waals surface area contributed by atoms with Crippen molar-refractivity contribution in [2.24, 2.45) is 5.10 Å². The SMILES string of the molecule is COc1cccc(/C=N/NC(=O)C(C)Oc2cc(C)cc(C)c2)c1OC. The van der Waals surface area contributed by atoms with Crippen LogP contribution in [0.4, 0.5) is 0 Å². The van der Waals surface area contributed by atoms with Gasteiger partial charge in [0.25, 0.3) is 5.91 Å². The number of hydrogen-bond donors (Lipinski definition) is 1. The number of hydrogen-bond acceptors (Lipinski definition) is 5. The van der Waals surface area contributed by atoms with Crippen LogP contribution < -0.4 is 19.6 Å². The number of amides is 1. The first kappa shape index (κ1) is 19.3. The fraction of sp³-hybridized carbons (Fsp3) is 0.300. The quantitative estimate of drug-likeness (QED) is 0.611. The zero-order chi connectivity index (χ0) is 19.1. The Balaban J connectivity index is 2.00. The van der Waals surface area contributed by atoms with E-state index in [1.807, 2.05) is 44.2 Å². The second-order valence-corrected chi connectivity index (χ2v) is 5.90. The Kier molecular flexibility index (Phi) is 6.60. The molecule has 0 aliphatic rings. The highest BCUT2D eigenvalue weighted by molar-refractivity contribution is 5.87. The number of methoxy groups -OCH3 is 2. The Hall–Kier alpha value is -3.02. The molecule has 26 heavy (non-hydrogen) atoms. The van der Waals surface area contributed by atoms with Gasteiger partial charge in [-0.05, 0) is 56.2 Å². The number of nitrogens with one attached hydrogen (secondary N) is 1. The molecule has 0 heterocycles. The van der Waals surface area contributed by atoms with Crippen LogP contribution in [0.2, 0.25) is 0 Å². The van der Waals surface area contributed by atoms with E-state index in [-0.39, 0.29) is 5.91 Å². The molecule has 0 spiro atoms. The zero-order valence-corrected chi connectivity index (χ0v) is 15.7. The van der Waals surface area contributed by atoms with E-state index in [9.17, 15) is 4.79 Å². The summed E-state index contributed by atoms with van der Waals surface area (Å²) >= 11 is 0. The number of nitrogens with zero attached hydrogens (tertiary/aromatic N) is 1. The molecule has 0 aliphatic carbocycles. The van der Waals surface area contributed by atoms with Gasteiger partial charge in [0.15, 0.2) is 17.6 Å². The van der Waals surface area contributed by atoms with E-state index in [4.69, 9.17) is 14.2 Å². The van der Waals surface area contributed by atoms with Gasteiger partial charge in [0.1, 0.15) is 5.75 Å². The summed E-state index contributed by atoms with van der Waals surface area (Å²) in [6.45, 7) is 5.64. The number of hydrazone groups is 1. The minimum absolute atomic E-state index is 0.345. The molecule has 1 unspecified atom stereocenters. The molecule has 1 amide bonds. The maximum absolute atomic E-state index is 12.2. The van der Waals surface area contributed by atoms with Crippen molar-refractivity contribution in [2.45, 2.75) is 26.9 Å². The average molecular weight is 356 g/mol. The molecule has 138 valence electrons. The van der Waals surface area contributed by atoms with Crippen LogP contribution in [-0.4, -0.2) is 32.4 Å². The molecule has 1 atom stereocenters. The van der Waals surface area contributed by atoms with Crippen LogP contribution in [-0.2, 0) is 4.79 Å². The average Bonchev–Trinajstić information content (AvgIpc) is 2.60. The van der Waals surface area contributed by atoms with Crippen molar-refractivity contribution in [3.05, 3.63) is 53.1 Å². The number of carbonyl (C=O) groups excluding carboxylic acids is 1. The molecule has 6 heteroatoms. The second-order valence-electron chi connectivity index (χ2n) is 5.90. The molecule has 0 fully saturated rings. The maximum Gasteiger partial charge on any atom is 0.280 e. The third-order valence-electron chi connectivity index (χ3n) is 3.69. The summed E-state index contributed by atoms with van der Waals surface area (Å²) in [5.41, 5.74) is 5.33. The summed E-state index contributed by atoms with van der Waals surface area (Å²) < 4.78 is 16.2. The third-order valence-corrected chi connectivity index (χ3v) is 3.69. The fourth-order valence-electron chi connectivity index (χ4n) is 2.53. The topological polar surface area (TPSA) is 69.2 Å². The van der Waals surface area contributed by atoms with Gasteiger partial charge in [-0.2, -0.15) is 5.10 Å². The lowest BCUT2D eigenvalue weighted by atomic mass is 10.1. The minimum atomic E-state index is -0.680. The van der Waals surface area contributed by atoms with Crippen molar-refractivity contribution in [3.63, 3.8) is 0 Å². The van der Waals surface area contributed by atoms with Crippen molar-refractivity contribution in [2.75, 3.05) is 14.2 Å². The van der Waals surface area contributed by atoms with Crippen molar-refractivity contribution in [1.29, 1.82) is 0 Å². The molecule has 0 saturated carbocycles. The molecule has 2 aromatic rings. The third kappa shape index (κ3) is 4.99. The summed E-state index contributed by atoms with van der Waals surface area (Å²) in [6.07, 6.45) is 0.823. The van der Waals surface area contributed by atoms with Crippen molar-refractivity contribution < 1.29 is 19.0 Å². The van der Waals surface area contributed by atoms with Gasteiger partial charge in [0, 0.05) is 5.56 Å². The number of carbonyl (C=O) groups is 1. The number of rotatable bonds is 7. The standard InChI is InChI=1S/C20H24N2O4/c1-13-9-14(2)11-17(10-13)26-15(3)20(23)22-21-12-16-7-6-8-18(24-4)19(16)25-5/h6-12,15H,1-5H3,(H,22,23)/b21-12+. The number of benzene rings is 2. The van der Waals surface area contributed by atoms with E-state index in [1.54, 1.807) is 27.2 Å². The first-order chi connectivity index (χ1) is 12.4. The normalized spacial score (nSPS) is 11.9. The van der Waals surface area contributed by atoms with Gasteiger partial charge in [-0.15, -0.1) is 0 Å². The molecule has 2 rings (SSSR count). The van der Waals surface area contributed by atoms with Gasteiger partial charge in [0.05, 0.1) is 20.4 Å². The van der Waals surface area contributed by atoms with Gasteiger partial charge in [-0.3, -0.25) is 4.79 Å². The molecule has 6 nitrogen and oxygen atoms in total.